The molecule has 0 bridgehead atoms. The monoisotopic (exact) mass is 213 g/mol. The molecule has 0 heterocycles. The lowest BCUT2D eigenvalue weighted by Gasteiger charge is -2.13. The van der Waals surface area contributed by atoms with Crippen molar-refractivity contribution in [3.05, 3.63) is 30.1 Å². The van der Waals surface area contributed by atoms with E-state index in [4.69, 9.17) is 22.7 Å². The van der Waals surface area contributed by atoms with Crippen molar-refractivity contribution < 1.29 is 9.13 Å². The highest BCUT2D eigenvalue weighted by molar-refractivity contribution is 7.80. The van der Waals surface area contributed by atoms with E-state index in [2.05, 4.69) is 0 Å². The van der Waals surface area contributed by atoms with Crippen LogP contribution in [0.25, 0.3) is 0 Å². The van der Waals surface area contributed by atoms with Crippen molar-refractivity contribution in [2.45, 2.75) is 19.4 Å². The number of para-hydroxylation sites is 1. The summed E-state index contributed by atoms with van der Waals surface area (Å²) >= 11 is 4.72. The van der Waals surface area contributed by atoms with Crippen LogP contribution in [0.15, 0.2) is 24.3 Å². The number of thiocarbonyl (C=S) groups is 1. The summed E-state index contributed by atoms with van der Waals surface area (Å²) in [5, 5.41) is 0. The van der Waals surface area contributed by atoms with Crippen LogP contribution in [-0.2, 0) is 0 Å². The van der Waals surface area contributed by atoms with Gasteiger partial charge < -0.3 is 10.5 Å². The van der Waals surface area contributed by atoms with Gasteiger partial charge in [-0.25, -0.2) is 4.39 Å². The smallest absolute Gasteiger partial charge is 0.165 e. The number of hydrogen-bond donors (Lipinski definition) is 1. The number of benzene rings is 1. The standard InChI is InChI=1S/C10H12FNOS/c1-7(6-10(12)14)13-9-5-3-2-4-8(9)11/h2-5,7H,6H2,1H3,(H2,12,14). The van der Waals surface area contributed by atoms with Gasteiger partial charge >= 0.3 is 0 Å². The maximum Gasteiger partial charge on any atom is 0.165 e. The lowest BCUT2D eigenvalue weighted by molar-refractivity contribution is 0.220. The Kier molecular flexibility index (Phi) is 3.83. The third-order valence-electron chi connectivity index (χ3n) is 1.65. The predicted octanol–water partition coefficient (Wildman–Crippen LogP) is 2.27. The summed E-state index contributed by atoms with van der Waals surface area (Å²) in [6.45, 7) is 1.80. The SMILES string of the molecule is CC(CC(N)=S)Oc1ccccc1F. The van der Waals surface area contributed by atoms with Crippen molar-refractivity contribution in [1.29, 1.82) is 0 Å². The fourth-order valence-electron chi connectivity index (χ4n) is 1.08. The molecule has 1 unspecified atom stereocenters. The van der Waals surface area contributed by atoms with Crippen molar-refractivity contribution in [2.75, 3.05) is 0 Å². The van der Waals surface area contributed by atoms with Crippen LogP contribution in [0.5, 0.6) is 5.75 Å². The van der Waals surface area contributed by atoms with Gasteiger partial charge in [-0.15, -0.1) is 0 Å². The molecule has 0 fully saturated rings. The summed E-state index contributed by atoms with van der Waals surface area (Å²) in [5.74, 6) is -0.140. The van der Waals surface area contributed by atoms with Crippen LogP contribution in [0.1, 0.15) is 13.3 Å². The molecule has 0 saturated carbocycles. The van der Waals surface area contributed by atoms with Crippen LogP contribution in [0.2, 0.25) is 0 Å². The summed E-state index contributed by atoms with van der Waals surface area (Å²) in [4.78, 5) is 0.369. The number of hydrogen-bond acceptors (Lipinski definition) is 2. The van der Waals surface area contributed by atoms with Crippen LogP contribution in [0.3, 0.4) is 0 Å². The molecule has 1 rings (SSSR count). The zero-order valence-electron chi connectivity index (χ0n) is 7.87. The molecule has 1 atom stereocenters. The van der Waals surface area contributed by atoms with Crippen LogP contribution in [0.4, 0.5) is 4.39 Å². The molecule has 4 heteroatoms. The zero-order valence-corrected chi connectivity index (χ0v) is 8.68. The van der Waals surface area contributed by atoms with E-state index in [1.54, 1.807) is 25.1 Å². The van der Waals surface area contributed by atoms with Crippen LogP contribution < -0.4 is 10.5 Å². The fraction of sp³-hybridized carbons (Fsp3) is 0.300. The maximum atomic E-state index is 13.1. The van der Waals surface area contributed by atoms with Crippen LogP contribution >= 0.6 is 12.2 Å². The molecular weight excluding hydrogens is 201 g/mol. The molecule has 2 N–H and O–H groups in total. The highest BCUT2D eigenvalue weighted by Crippen LogP contribution is 2.17. The zero-order chi connectivity index (χ0) is 10.6. The second kappa shape index (κ2) is 4.91. The Labute approximate surface area is 87.9 Å². The average Bonchev–Trinajstić information content (AvgIpc) is 2.07. The first-order chi connectivity index (χ1) is 6.59. The van der Waals surface area contributed by atoms with E-state index in [1.807, 2.05) is 0 Å². The Balaban J connectivity index is 2.60. The summed E-state index contributed by atoms with van der Waals surface area (Å²) in [6.07, 6.45) is 0.244. The van der Waals surface area contributed by atoms with E-state index in [1.165, 1.54) is 6.07 Å². The van der Waals surface area contributed by atoms with Crippen molar-refractivity contribution in [3.63, 3.8) is 0 Å². The molecule has 0 aliphatic rings. The van der Waals surface area contributed by atoms with Crippen LogP contribution in [-0.4, -0.2) is 11.1 Å². The molecule has 0 aliphatic carbocycles. The van der Waals surface area contributed by atoms with Gasteiger partial charge in [-0.3, -0.25) is 0 Å². The van der Waals surface area contributed by atoms with Gasteiger partial charge in [-0.1, -0.05) is 24.4 Å². The summed E-state index contributed by atoms with van der Waals surface area (Å²) in [6, 6.07) is 6.25. The minimum atomic E-state index is -0.373. The third kappa shape index (κ3) is 3.30. The number of halogens is 1. The van der Waals surface area contributed by atoms with E-state index in [0.717, 1.165) is 0 Å². The Bertz CT molecular complexity index is 330. The van der Waals surface area contributed by atoms with E-state index in [-0.39, 0.29) is 17.7 Å². The second-order valence-electron chi connectivity index (χ2n) is 3.03. The molecule has 0 aromatic heterocycles. The van der Waals surface area contributed by atoms with Crippen molar-refractivity contribution in [2.24, 2.45) is 5.73 Å². The fourth-order valence-corrected chi connectivity index (χ4v) is 1.32. The Hall–Kier alpha value is -1.16. The average molecular weight is 213 g/mol. The van der Waals surface area contributed by atoms with Gasteiger partial charge in [0.05, 0.1) is 4.99 Å². The largest absolute Gasteiger partial charge is 0.487 e. The van der Waals surface area contributed by atoms with Gasteiger partial charge in [0.1, 0.15) is 6.10 Å². The highest BCUT2D eigenvalue weighted by atomic mass is 32.1. The van der Waals surface area contributed by atoms with Crippen molar-refractivity contribution >= 4 is 17.2 Å². The minimum Gasteiger partial charge on any atom is -0.487 e. The Morgan fingerprint density at radius 3 is 2.79 bits per heavy atom. The lowest BCUT2D eigenvalue weighted by Crippen LogP contribution is -2.21. The number of rotatable bonds is 4. The number of nitrogens with two attached hydrogens (primary N) is 1. The first kappa shape index (κ1) is 10.9. The lowest BCUT2D eigenvalue weighted by atomic mass is 10.2. The van der Waals surface area contributed by atoms with Crippen molar-refractivity contribution in [1.82, 2.24) is 0 Å². The number of ether oxygens (including phenoxy) is 1. The van der Waals surface area contributed by atoms with E-state index >= 15 is 0 Å². The normalized spacial score (nSPS) is 12.1. The maximum absolute atomic E-state index is 13.1. The van der Waals surface area contributed by atoms with Gasteiger partial charge in [-0.2, -0.15) is 0 Å². The van der Waals surface area contributed by atoms with Gasteiger partial charge in [0.2, 0.25) is 0 Å². The first-order valence-electron chi connectivity index (χ1n) is 4.29. The molecular formula is C10H12FNOS. The van der Waals surface area contributed by atoms with E-state index < -0.39 is 0 Å². The van der Waals surface area contributed by atoms with Gasteiger partial charge in [-0.05, 0) is 19.1 Å². The van der Waals surface area contributed by atoms with Gasteiger partial charge in [0, 0.05) is 6.42 Å². The van der Waals surface area contributed by atoms with Crippen molar-refractivity contribution in [3.8, 4) is 5.75 Å². The minimum absolute atomic E-state index is 0.204. The van der Waals surface area contributed by atoms with Gasteiger partial charge in [0.15, 0.2) is 11.6 Å². The predicted molar refractivity (Wildman–Crippen MR) is 57.9 cm³/mol. The molecule has 1 aromatic carbocycles. The summed E-state index contributed by atoms with van der Waals surface area (Å²) in [7, 11) is 0. The molecule has 0 radical (unpaired) electrons. The molecule has 1 aromatic rings. The first-order valence-corrected chi connectivity index (χ1v) is 4.70. The summed E-state index contributed by atoms with van der Waals surface area (Å²) in [5.41, 5.74) is 5.34. The quantitative estimate of drug-likeness (QED) is 0.779. The molecule has 2 nitrogen and oxygen atoms in total. The highest BCUT2D eigenvalue weighted by Gasteiger charge is 2.08. The van der Waals surface area contributed by atoms with Gasteiger partial charge in [0.25, 0.3) is 0 Å². The van der Waals surface area contributed by atoms with Crippen LogP contribution in [0, 0.1) is 5.82 Å². The van der Waals surface area contributed by atoms with E-state index in [0.29, 0.717) is 11.4 Å². The topological polar surface area (TPSA) is 35.2 Å². The molecule has 0 aliphatic heterocycles. The molecule has 0 spiro atoms. The second-order valence-corrected chi connectivity index (χ2v) is 3.55. The Morgan fingerprint density at radius 2 is 2.21 bits per heavy atom. The molecule has 0 saturated heterocycles. The molecule has 14 heavy (non-hydrogen) atoms. The third-order valence-corrected chi connectivity index (χ3v) is 1.82. The summed E-state index contributed by atoms with van der Waals surface area (Å²) < 4.78 is 18.4. The molecule has 0 amide bonds. The molecule has 76 valence electrons. The Morgan fingerprint density at radius 1 is 1.57 bits per heavy atom. The van der Waals surface area contributed by atoms with E-state index in [9.17, 15) is 4.39 Å².